The van der Waals surface area contributed by atoms with Crippen LogP contribution in [-0.4, -0.2) is 52.0 Å². The lowest BCUT2D eigenvalue weighted by atomic mass is 9.44. The zero-order valence-corrected chi connectivity index (χ0v) is 39.8. The molecule has 0 aromatic rings. The maximum Gasteiger partial charge on any atom is 0.136 e. The van der Waals surface area contributed by atoms with Crippen molar-refractivity contribution in [1.29, 1.82) is 0 Å². The molecule has 1 N–H and O–H groups in total. The molecule has 0 bridgehead atoms. The number of carbonyl (C=O) groups is 3. The predicted octanol–water partition coefficient (Wildman–Crippen LogP) is 11.8. The summed E-state index contributed by atoms with van der Waals surface area (Å²) in [6, 6.07) is 0. The van der Waals surface area contributed by atoms with Crippen LogP contribution in [0.3, 0.4) is 0 Å². The van der Waals surface area contributed by atoms with Gasteiger partial charge in [0.2, 0.25) is 0 Å². The number of aliphatic hydroxyl groups is 1. The lowest BCUT2D eigenvalue weighted by Gasteiger charge is -2.62. The smallest absolute Gasteiger partial charge is 0.136 e. The van der Waals surface area contributed by atoms with E-state index in [1.807, 2.05) is 0 Å². The second-order valence-corrected chi connectivity index (χ2v) is 25.9. The van der Waals surface area contributed by atoms with Crippen LogP contribution in [0, 0.1) is 92.7 Å². The SMILES string of the molecule is C[C@H](CCC1OC1(C)C)[C@H]1CC[C@H]2[C@@H]3C(=O)C[C@@H]4CC(=O)CC[C@]4(C)[C@H]3CC[C@]12C.C[C@H](CCC1OC1(C)C)[C@H]1CC[C@H]2[C@@H]3C(O)C[C@@H]4CC(=O)CC[C@]4(C)[C@H]3CC[C@]12C. The van der Waals surface area contributed by atoms with E-state index in [9.17, 15) is 19.5 Å². The van der Waals surface area contributed by atoms with Gasteiger partial charge in [0.1, 0.15) is 17.3 Å². The molecular formula is C54H86O6. The van der Waals surface area contributed by atoms with Gasteiger partial charge in [0.05, 0.1) is 29.5 Å². The highest BCUT2D eigenvalue weighted by Crippen LogP contribution is 2.70. The Labute approximate surface area is 365 Å². The van der Waals surface area contributed by atoms with Crippen LogP contribution in [0.25, 0.3) is 0 Å². The average Bonchev–Trinajstić information content (AvgIpc) is 3.85. The summed E-state index contributed by atoms with van der Waals surface area (Å²) in [5.41, 5.74) is 1.41. The van der Waals surface area contributed by atoms with Crippen molar-refractivity contribution in [2.75, 3.05) is 0 Å². The van der Waals surface area contributed by atoms with Gasteiger partial charge in [-0.05, 0) is 211 Å². The molecule has 60 heavy (non-hydrogen) atoms. The number of hydrogen-bond acceptors (Lipinski definition) is 6. The Bertz CT molecular complexity index is 1680. The minimum absolute atomic E-state index is 0.0990. The summed E-state index contributed by atoms with van der Waals surface area (Å²) in [6.07, 6.45) is 22.4. The monoisotopic (exact) mass is 831 g/mol. The molecular weight excluding hydrogens is 745 g/mol. The molecule has 8 saturated carbocycles. The molecule has 2 aliphatic heterocycles. The Hall–Kier alpha value is -1.11. The van der Waals surface area contributed by atoms with E-state index in [0.29, 0.717) is 101 Å². The quantitative estimate of drug-likeness (QED) is 0.245. The summed E-state index contributed by atoms with van der Waals surface area (Å²) in [5, 5.41) is 11.3. The van der Waals surface area contributed by atoms with Crippen LogP contribution in [0.4, 0.5) is 0 Å². The fourth-order valence-corrected chi connectivity index (χ4v) is 18.4. The summed E-state index contributed by atoms with van der Waals surface area (Å²) in [4.78, 5) is 37.7. The first-order valence-electron chi connectivity index (χ1n) is 25.7. The highest BCUT2D eigenvalue weighted by Gasteiger charge is 2.65. The van der Waals surface area contributed by atoms with Gasteiger partial charge in [0.15, 0.2) is 0 Å². The van der Waals surface area contributed by atoms with Crippen LogP contribution in [0.2, 0.25) is 0 Å². The van der Waals surface area contributed by atoms with Crippen LogP contribution in [0.5, 0.6) is 0 Å². The van der Waals surface area contributed by atoms with Gasteiger partial charge < -0.3 is 14.6 Å². The first-order chi connectivity index (χ1) is 28.1. The molecule has 0 aromatic heterocycles. The number of aliphatic hydroxyl groups excluding tert-OH is 1. The van der Waals surface area contributed by atoms with Gasteiger partial charge in [-0.25, -0.2) is 0 Å². The molecule has 338 valence electrons. The van der Waals surface area contributed by atoms with Crippen LogP contribution in [-0.2, 0) is 23.9 Å². The van der Waals surface area contributed by atoms with Gasteiger partial charge in [-0.3, -0.25) is 14.4 Å². The van der Waals surface area contributed by atoms with Gasteiger partial charge in [-0.1, -0.05) is 41.5 Å². The number of fused-ring (bicyclic) bond motifs is 10. The Morgan fingerprint density at radius 3 is 1.53 bits per heavy atom. The van der Waals surface area contributed by atoms with Crippen molar-refractivity contribution in [2.45, 2.75) is 227 Å². The zero-order chi connectivity index (χ0) is 42.9. The lowest BCUT2D eigenvalue weighted by Crippen LogP contribution is -2.58. The number of Topliss-reactive ketones (excluding diaryl/α,β-unsaturated/α-hetero) is 3. The first kappa shape index (κ1) is 44.1. The first-order valence-corrected chi connectivity index (χ1v) is 25.7. The maximum absolute atomic E-state index is 13.5. The number of carbonyl (C=O) groups excluding carboxylic acids is 3. The van der Waals surface area contributed by atoms with Gasteiger partial charge in [-0.15, -0.1) is 0 Å². The van der Waals surface area contributed by atoms with E-state index in [4.69, 9.17) is 9.47 Å². The zero-order valence-electron chi connectivity index (χ0n) is 39.8. The summed E-state index contributed by atoms with van der Waals surface area (Å²) < 4.78 is 11.7. The maximum atomic E-state index is 13.5. The number of rotatable bonds is 8. The van der Waals surface area contributed by atoms with E-state index in [0.717, 1.165) is 56.3 Å². The highest BCUT2D eigenvalue weighted by molar-refractivity contribution is 5.86. The van der Waals surface area contributed by atoms with Crippen molar-refractivity contribution >= 4 is 17.3 Å². The fraction of sp³-hybridized carbons (Fsp3) is 0.944. The molecule has 10 fully saturated rings. The third kappa shape index (κ3) is 7.22. The molecule has 0 radical (unpaired) electrons. The van der Waals surface area contributed by atoms with Crippen LogP contribution in [0.1, 0.15) is 198 Å². The predicted molar refractivity (Wildman–Crippen MR) is 237 cm³/mol. The fourth-order valence-electron chi connectivity index (χ4n) is 18.4. The van der Waals surface area contributed by atoms with E-state index in [2.05, 4.69) is 69.2 Å². The second-order valence-electron chi connectivity index (χ2n) is 25.9. The lowest BCUT2D eigenvalue weighted by molar-refractivity contribution is -0.169. The molecule has 6 nitrogen and oxygen atoms in total. The van der Waals surface area contributed by atoms with Gasteiger partial charge in [-0.2, -0.15) is 0 Å². The number of epoxide rings is 2. The number of ketones is 3. The van der Waals surface area contributed by atoms with Crippen molar-refractivity contribution in [3.63, 3.8) is 0 Å². The van der Waals surface area contributed by atoms with E-state index < -0.39 is 0 Å². The van der Waals surface area contributed by atoms with Crippen LogP contribution < -0.4 is 0 Å². The normalized spacial score (nSPS) is 51.6. The topological polar surface area (TPSA) is 96.5 Å². The molecule has 10 rings (SSSR count). The van der Waals surface area contributed by atoms with E-state index in [1.165, 1.54) is 77.0 Å². The van der Waals surface area contributed by atoms with Gasteiger partial charge >= 0.3 is 0 Å². The summed E-state index contributed by atoms with van der Waals surface area (Å²) in [5.74, 6) is 8.15. The average molecular weight is 831 g/mol. The third-order valence-electron chi connectivity index (χ3n) is 22.4. The van der Waals surface area contributed by atoms with Crippen molar-refractivity contribution in [1.82, 2.24) is 0 Å². The van der Waals surface area contributed by atoms with E-state index in [-0.39, 0.29) is 34.1 Å². The molecule has 3 unspecified atom stereocenters. The largest absolute Gasteiger partial charge is 0.393 e. The second kappa shape index (κ2) is 15.2. The van der Waals surface area contributed by atoms with Crippen molar-refractivity contribution in [3.8, 4) is 0 Å². The van der Waals surface area contributed by atoms with E-state index in [1.54, 1.807) is 0 Å². The van der Waals surface area contributed by atoms with Crippen LogP contribution in [0.15, 0.2) is 0 Å². The van der Waals surface area contributed by atoms with Crippen molar-refractivity contribution in [3.05, 3.63) is 0 Å². The minimum Gasteiger partial charge on any atom is -0.393 e. The molecule has 2 saturated heterocycles. The molecule has 6 heteroatoms. The Balaban J connectivity index is 0.000000154. The molecule has 2 heterocycles. The molecule has 0 spiro atoms. The summed E-state index contributed by atoms with van der Waals surface area (Å²) >= 11 is 0. The molecule has 10 aliphatic rings. The Morgan fingerprint density at radius 1 is 0.567 bits per heavy atom. The summed E-state index contributed by atoms with van der Waals surface area (Å²) in [6.45, 7) is 23.8. The van der Waals surface area contributed by atoms with Gasteiger partial charge in [0.25, 0.3) is 0 Å². The highest BCUT2D eigenvalue weighted by atomic mass is 16.6. The Morgan fingerprint density at radius 2 is 1.00 bits per heavy atom. The minimum atomic E-state index is -0.196. The molecule has 8 aliphatic carbocycles. The Kier molecular flexibility index (Phi) is 11.2. The van der Waals surface area contributed by atoms with Gasteiger partial charge in [0, 0.05) is 38.0 Å². The van der Waals surface area contributed by atoms with E-state index >= 15 is 0 Å². The standard InChI is InChI=1S/C27H44O3.C27H42O3/c2*1-16(6-9-23-25(2,3)30-23)19-7-8-20-24-21(11-13-27(19,20)5)26(4)12-10-18(28)14-17(26)15-22(24)29/h16-17,19-24,29H,6-15H2,1-5H3;16-17,19-21,23-24H,6-15H2,1-5H3/t16-,17+,19-,20+,21+,22?,23?,24+,26+,27-;16-,17+,19-,20+,21+,23?,24+,26+,27-/m11/s1. The van der Waals surface area contributed by atoms with Crippen molar-refractivity contribution < 1.29 is 29.0 Å². The summed E-state index contributed by atoms with van der Waals surface area (Å²) in [7, 11) is 0. The van der Waals surface area contributed by atoms with Crippen LogP contribution >= 0.6 is 0 Å². The molecule has 19 atom stereocenters. The number of ether oxygens (including phenoxy) is 2. The molecule has 0 aromatic carbocycles. The molecule has 0 amide bonds. The third-order valence-corrected chi connectivity index (χ3v) is 22.4. The van der Waals surface area contributed by atoms with Crippen molar-refractivity contribution in [2.24, 2.45) is 92.7 Å². The number of hydrogen-bond donors (Lipinski definition) is 1.